The monoisotopic (exact) mass is 262 g/mol. The molecular formula is C11H22N2O3S. The van der Waals surface area contributed by atoms with Crippen LogP contribution in [0.4, 0.5) is 0 Å². The van der Waals surface area contributed by atoms with E-state index in [0.717, 1.165) is 25.7 Å². The van der Waals surface area contributed by atoms with Crippen molar-refractivity contribution in [1.82, 2.24) is 4.31 Å². The highest BCUT2D eigenvalue weighted by molar-refractivity contribution is 7.88. The Morgan fingerprint density at radius 3 is 2.71 bits per heavy atom. The van der Waals surface area contributed by atoms with E-state index in [-0.39, 0.29) is 0 Å². The lowest BCUT2D eigenvalue weighted by atomic mass is 9.90. The second kappa shape index (κ2) is 5.22. The van der Waals surface area contributed by atoms with Crippen LogP contribution in [0.15, 0.2) is 0 Å². The standard InChI is InChI=1S/C11H22N2O3S/c1-17(14,15)13-4-2-3-9(7-13)8-16-11-5-10(12)6-11/h9-11H,2-8,12H2,1H3. The molecule has 0 aromatic carbocycles. The van der Waals surface area contributed by atoms with Gasteiger partial charge in [-0.15, -0.1) is 0 Å². The van der Waals surface area contributed by atoms with Gasteiger partial charge >= 0.3 is 0 Å². The zero-order chi connectivity index (χ0) is 12.5. The fraction of sp³-hybridized carbons (Fsp3) is 1.00. The van der Waals surface area contributed by atoms with Gasteiger partial charge in [0.25, 0.3) is 0 Å². The number of nitrogens with zero attached hydrogens (tertiary/aromatic N) is 1. The molecule has 1 aliphatic heterocycles. The molecule has 0 radical (unpaired) electrons. The van der Waals surface area contributed by atoms with Gasteiger partial charge in [-0.05, 0) is 31.6 Å². The Balaban J connectivity index is 1.74. The van der Waals surface area contributed by atoms with Gasteiger partial charge in [-0.2, -0.15) is 0 Å². The summed E-state index contributed by atoms with van der Waals surface area (Å²) in [7, 11) is -3.04. The van der Waals surface area contributed by atoms with Crippen molar-refractivity contribution in [3.63, 3.8) is 0 Å². The van der Waals surface area contributed by atoms with Gasteiger partial charge in [0.2, 0.25) is 10.0 Å². The van der Waals surface area contributed by atoms with Crippen molar-refractivity contribution >= 4 is 10.0 Å². The summed E-state index contributed by atoms with van der Waals surface area (Å²) in [4.78, 5) is 0. The van der Waals surface area contributed by atoms with Crippen LogP contribution in [0.25, 0.3) is 0 Å². The summed E-state index contributed by atoms with van der Waals surface area (Å²) in [6.45, 7) is 1.94. The minimum absolute atomic E-state index is 0.304. The Hall–Kier alpha value is -0.170. The third-order valence-electron chi connectivity index (χ3n) is 3.65. The predicted molar refractivity (Wildman–Crippen MR) is 66.1 cm³/mol. The summed E-state index contributed by atoms with van der Waals surface area (Å²) >= 11 is 0. The molecule has 1 heterocycles. The number of rotatable bonds is 4. The highest BCUT2D eigenvalue weighted by Crippen LogP contribution is 2.24. The number of nitrogens with two attached hydrogens (primary N) is 1. The van der Waals surface area contributed by atoms with E-state index in [1.807, 2.05) is 0 Å². The maximum atomic E-state index is 11.4. The summed E-state index contributed by atoms with van der Waals surface area (Å²) in [5.41, 5.74) is 5.69. The average molecular weight is 262 g/mol. The topological polar surface area (TPSA) is 72.6 Å². The second-order valence-corrected chi connectivity index (χ2v) is 7.30. The number of sulfonamides is 1. The molecule has 2 aliphatic rings. The van der Waals surface area contributed by atoms with Gasteiger partial charge in [0.1, 0.15) is 0 Å². The lowest BCUT2D eigenvalue weighted by molar-refractivity contribution is -0.0316. The molecule has 1 saturated carbocycles. The van der Waals surface area contributed by atoms with Crippen molar-refractivity contribution in [3.8, 4) is 0 Å². The second-order valence-electron chi connectivity index (χ2n) is 5.32. The minimum atomic E-state index is -3.04. The summed E-state index contributed by atoms with van der Waals surface area (Å²) in [6.07, 6.45) is 5.47. The molecule has 0 aromatic heterocycles. The van der Waals surface area contributed by atoms with Gasteiger partial charge in [-0.3, -0.25) is 0 Å². The van der Waals surface area contributed by atoms with Crippen LogP contribution in [-0.4, -0.2) is 50.8 Å². The van der Waals surface area contributed by atoms with Crippen LogP contribution >= 0.6 is 0 Å². The first-order valence-electron chi connectivity index (χ1n) is 6.27. The Morgan fingerprint density at radius 2 is 2.12 bits per heavy atom. The zero-order valence-electron chi connectivity index (χ0n) is 10.3. The van der Waals surface area contributed by atoms with Gasteiger partial charge in [0.15, 0.2) is 0 Å². The van der Waals surface area contributed by atoms with E-state index < -0.39 is 10.0 Å². The molecule has 2 rings (SSSR count). The Kier molecular flexibility index (Phi) is 4.07. The summed E-state index contributed by atoms with van der Waals surface area (Å²) in [5.74, 6) is 0.343. The van der Waals surface area contributed by atoms with Gasteiger partial charge in [0.05, 0.1) is 19.0 Å². The van der Waals surface area contributed by atoms with Crippen LogP contribution in [-0.2, 0) is 14.8 Å². The van der Waals surface area contributed by atoms with Gasteiger partial charge in [-0.25, -0.2) is 12.7 Å². The van der Waals surface area contributed by atoms with Crippen LogP contribution in [0, 0.1) is 5.92 Å². The molecule has 0 aromatic rings. The third-order valence-corrected chi connectivity index (χ3v) is 4.92. The highest BCUT2D eigenvalue weighted by Gasteiger charge is 2.30. The smallest absolute Gasteiger partial charge is 0.211 e. The first-order valence-corrected chi connectivity index (χ1v) is 8.12. The first kappa shape index (κ1) is 13.3. The van der Waals surface area contributed by atoms with Crippen molar-refractivity contribution < 1.29 is 13.2 Å². The van der Waals surface area contributed by atoms with Crippen LogP contribution in [0.1, 0.15) is 25.7 Å². The lowest BCUT2D eigenvalue weighted by Gasteiger charge is -2.35. The van der Waals surface area contributed by atoms with Crippen molar-refractivity contribution in [2.75, 3.05) is 26.0 Å². The van der Waals surface area contributed by atoms with E-state index in [2.05, 4.69) is 0 Å². The fourth-order valence-electron chi connectivity index (χ4n) is 2.48. The molecule has 2 N–H and O–H groups in total. The van der Waals surface area contributed by atoms with Crippen molar-refractivity contribution in [2.45, 2.75) is 37.8 Å². The Labute approximate surface area is 103 Å². The van der Waals surface area contributed by atoms with E-state index in [9.17, 15) is 8.42 Å². The van der Waals surface area contributed by atoms with Gasteiger partial charge in [-0.1, -0.05) is 0 Å². The van der Waals surface area contributed by atoms with Gasteiger partial charge < -0.3 is 10.5 Å². The van der Waals surface area contributed by atoms with E-state index >= 15 is 0 Å². The van der Waals surface area contributed by atoms with Crippen LogP contribution in [0.3, 0.4) is 0 Å². The number of piperidine rings is 1. The Bertz CT molecular complexity index is 352. The van der Waals surface area contributed by atoms with E-state index in [4.69, 9.17) is 10.5 Å². The maximum Gasteiger partial charge on any atom is 0.211 e. The molecule has 2 fully saturated rings. The molecular weight excluding hydrogens is 240 g/mol. The fourth-order valence-corrected chi connectivity index (χ4v) is 3.42. The normalized spacial score (nSPS) is 35.5. The summed E-state index contributed by atoms with van der Waals surface area (Å²) in [5, 5.41) is 0. The molecule has 0 spiro atoms. The van der Waals surface area contributed by atoms with Crippen molar-refractivity contribution in [2.24, 2.45) is 11.7 Å². The number of ether oxygens (including phenoxy) is 1. The SMILES string of the molecule is CS(=O)(=O)N1CCCC(COC2CC(N)C2)C1. The highest BCUT2D eigenvalue weighted by atomic mass is 32.2. The molecule has 100 valence electrons. The van der Waals surface area contributed by atoms with Crippen LogP contribution < -0.4 is 5.73 Å². The Morgan fingerprint density at radius 1 is 1.41 bits per heavy atom. The molecule has 1 aliphatic carbocycles. The predicted octanol–water partition coefficient (Wildman–Crippen LogP) is 0.164. The van der Waals surface area contributed by atoms with Gasteiger partial charge in [0, 0.05) is 19.1 Å². The average Bonchev–Trinajstić information content (AvgIpc) is 2.22. The summed E-state index contributed by atoms with van der Waals surface area (Å²) < 4.78 is 30.2. The molecule has 6 heteroatoms. The molecule has 1 atom stereocenters. The van der Waals surface area contributed by atoms with Crippen molar-refractivity contribution in [1.29, 1.82) is 0 Å². The number of hydrogen-bond donors (Lipinski definition) is 1. The van der Waals surface area contributed by atoms with Crippen LogP contribution in [0.5, 0.6) is 0 Å². The molecule has 17 heavy (non-hydrogen) atoms. The third kappa shape index (κ3) is 3.64. The summed E-state index contributed by atoms with van der Waals surface area (Å²) in [6, 6.07) is 0.305. The van der Waals surface area contributed by atoms with E-state index in [1.54, 1.807) is 4.31 Å². The molecule has 1 saturated heterocycles. The van der Waals surface area contributed by atoms with Crippen molar-refractivity contribution in [3.05, 3.63) is 0 Å². The largest absolute Gasteiger partial charge is 0.378 e. The molecule has 0 bridgehead atoms. The van der Waals surface area contributed by atoms with E-state index in [0.29, 0.717) is 37.8 Å². The minimum Gasteiger partial charge on any atom is -0.378 e. The van der Waals surface area contributed by atoms with Crippen LogP contribution in [0.2, 0.25) is 0 Å². The maximum absolute atomic E-state index is 11.4. The number of hydrogen-bond acceptors (Lipinski definition) is 4. The molecule has 0 amide bonds. The quantitative estimate of drug-likeness (QED) is 0.783. The lowest BCUT2D eigenvalue weighted by Crippen LogP contribution is -2.44. The first-order chi connectivity index (χ1) is 7.95. The molecule has 1 unspecified atom stereocenters. The molecule has 5 nitrogen and oxygen atoms in total. The zero-order valence-corrected chi connectivity index (χ0v) is 11.2. The van der Waals surface area contributed by atoms with E-state index in [1.165, 1.54) is 6.26 Å².